The first kappa shape index (κ1) is 24.5. The van der Waals surface area contributed by atoms with E-state index in [1.165, 1.54) is 0 Å². The summed E-state index contributed by atoms with van der Waals surface area (Å²) < 4.78 is 2.60. The van der Waals surface area contributed by atoms with Crippen LogP contribution in [-0.2, 0) is 17.3 Å². The second-order valence-electron chi connectivity index (χ2n) is 10.3. The monoisotopic (exact) mass is 550 g/mol. The average molecular weight is 553 g/mol. The maximum atomic E-state index is 2.57. The molecule has 0 unspecified atom stereocenters. The summed E-state index contributed by atoms with van der Waals surface area (Å²) in [5.41, 5.74) is 0. The predicted molar refractivity (Wildman–Crippen MR) is 132 cm³/mol. The predicted octanol–water partition coefficient (Wildman–Crippen LogP) is 2.71. The molecule has 0 N–H and O–H groups in total. The maximum Gasteiger partial charge on any atom is -1.00 e. The van der Waals surface area contributed by atoms with E-state index in [2.05, 4.69) is 146 Å². The van der Waals surface area contributed by atoms with E-state index in [0.717, 1.165) is 0 Å². The van der Waals surface area contributed by atoms with Gasteiger partial charge in [0.2, 0.25) is 0 Å². The van der Waals surface area contributed by atoms with Gasteiger partial charge in [0.25, 0.3) is 0 Å². The fraction of sp³-hybridized carbons (Fsp3) is 0.200. The molecule has 0 aliphatic heterocycles. The Morgan fingerprint density at radius 3 is 0.485 bits per heavy atom. The van der Waals surface area contributed by atoms with Crippen LogP contribution in [0.4, 0.5) is 0 Å². The summed E-state index contributed by atoms with van der Waals surface area (Å²) in [6.07, 6.45) is 58.6. The molecular weight excluding hydrogens is 522 g/mol. The number of hydrogen-bond acceptors (Lipinski definition) is 0. The molecule has 0 bridgehead atoms. The number of allylic oxidation sites excluding steroid dienone is 24. The van der Waals surface area contributed by atoms with Crippen LogP contribution in [0.3, 0.4) is 0 Å². The fourth-order valence-corrected chi connectivity index (χ4v) is 45.3. The SMILES string of the molecule is C1=C[CH]([Zr]([CH]2C=CC=C2)([CH]2C=CC=C2)([CH]2C=CC=C2)([CH]2C=CC=C2)[CH]2C=CC=C2)C=C1.[Cl-].[Cl-]. The Bertz CT molecular complexity index is 853. The number of rotatable bonds is 6. The van der Waals surface area contributed by atoms with Crippen LogP contribution in [0.25, 0.3) is 0 Å². The summed E-state index contributed by atoms with van der Waals surface area (Å²) in [6.45, 7) is 0. The molecule has 6 rings (SSSR count). The van der Waals surface area contributed by atoms with E-state index >= 15 is 0 Å². The van der Waals surface area contributed by atoms with Crippen LogP contribution in [0.5, 0.6) is 0 Å². The van der Waals surface area contributed by atoms with E-state index < -0.39 is 17.3 Å². The maximum absolute atomic E-state index is 4.91. The first-order valence-corrected chi connectivity index (χ1v) is 20.2. The summed E-state index contributed by atoms with van der Waals surface area (Å²) >= 11 is -4.91. The summed E-state index contributed by atoms with van der Waals surface area (Å²) in [5.74, 6) is 0. The zero-order chi connectivity index (χ0) is 20.8. The minimum atomic E-state index is -4.91. The van der Waals surface area contributed by atoms with Gasteiger partial charge in [-0.05, 0) is 0 Å². The smallest absolute Gasteiger partial charge is 1.00 e. The molecule has 33 heavy (non-hydrogen) atoms. The largest absolute Gasteiger partial charge is 1.00 e. The minimum absolute atomic E-state index is 0. The van der Waals surface area contributed by atoms with Crippen LogP contribution in [-0.4, -0.2) is 0 Å². The van der Waals surface area contributed by atoms with E-state index in [4.69, 9.17) is 0 Å². The summed E-state index contributed by atoms with van der Waals surface area (Å²) in [5, 5.41) is 0. The van der Waals surface area contributed by atoms with Gasteiger partial charge >= 0.3 is 185 Å². The standard InChI is InChI=1S/6C5H5.2ClH.Zr/c6*1-2-4-5-3-1;;;/h6*1-5H;2*1H;/p-2. The van der Waals surface area contributed by atoms with Gasteiger partial charge in [-0.2, -0.15) is 0 Å². The molecule has 3 heteroatoms. The van der Waals surface area contributed by atoms with Crippen molar-refractivity contribution in [3.63, 3.8) is 0 Å². The third-order valence-electron chi connectivity index (χ3n) is 10.3. The molecule has 6 aliphatic rings. The van der Waals surface area contributed by atoms with Gasteiger partial charge in [-0.25, -0.2) is 0 Å². The van der Waals surface area contributed by atoms with Crippen molar-refractivity contribution < 1.29 is 42.1 Å². The molecule has 0 nitrogen and oxygen atoms in total. The van der Waals surface area contributed by atoms with Gasteiger partial charge in [-0.15, -0.1) is 0 Å². The van der Waals surface area contributed by atoms with E-state index in [9.17, 15) is 0 Å². The summed E-state index contributed by atoms with van der Waals surface area (Å²) in [4.78, 5) is 0. The van der Waals surface area contributed by atoms with Crippen LogP contribution in [0.2, 0.25) is 21.8 Å². The molecular formula is C30H30Cl2Zr-2. The van der Waals surface area contributed by atoms with Crippen molar-refractivity contribution in [1.29, 1.82) is 0 Å². The van der Waals surface area contributed by atoms with Crippen LogP contribution >= 0.6 is 0 Å². The van der Waals surface area contributed by atoms with Crippen molar-refractivity contribution in [1.82, 2.24) is 0 Å². The molecule has 0 radical (unpaired) electrons. The number of halogens is 2. The molecule has 0 amide bonds. The van der Waals surface area contributed by atoms with Gasteiger partial charge in [0.15, 0.2) is 0 Å². The first-order valence-electron chi connectivity index (χ1n) is 11.7. The van der Waals surface area contributed by atoms with Crippen molar-refractivity contribution in [3.8, 4) is 0 Å². The van der Waals surface area contributed by atoms with Crippen LogP contribution < -0.4 is 24.8 Å². The zero-order valence-corrected chi connectivity index (χ0v) is 22.5. The van der Waals surface area contributed by atoms with Crippen molar-refractivity contribution in [3.05, 3.63) is 146 Å². The van der Waals surface area contributed by atoms with Crippen molar-refractivity contribution in [2.24, 2.45) is 0 Å². The topological polar surface area (TPSA) is 0 Å². The average Bonchev–Trinajstić information content (AvgIpc) is 3.68. The van der Waals surface area contributed by atoms with Gasteiger partial charge < -0.3 is 24.8 Å². The third kappa shape index (κ3) is 2.42. The molecule has 6 aliphatic carbocycles. The molecule has 0 aromatic rings. The Hall–Kier alpha value is -1.66. The first-order chi connectivity index (χ1) is 15.3. The Morgan fingerprint density at radius 1 is 0.242 bits per heavy atom. The van der Waals surface area contributed by atoms with Gasteiger partial charge in [-0.1, -0.05) is 0 Å². The van der Waals surface area contributed by atoms with E-state index in [-0.39, 0.29) is 24.8 Å². The van der Waals surface area contributed by atoms with Gasteiger partial charge in [-0.3, -0.25) is 0 Å². The molecule has 0 heterocycles. The third-order valence-corrected chi connectivity index (χ3v) is 44.3. The molecule has 170 valence electrons. The molecule has 0 atom stereocenters. The molecule has 0 spiro atoms. The quantitative estimate of drug-likeness (QED) is 0.476. The van der Waals surface area contributed by atoms with Crippen LogP contribution in [0, 0.1) is 0 Å². The molecule has 0 saturated carbocycles. The minimum Gasteiger partial charge on any atom is -1.00 e. The Kier molecular flexibility index (Phi) is 6.32. The van der Waals surface area contributed by atoms with Crippen molar-refractivity contribution >= 4 is 0 Å². The second kappa shape index (κ2) is 8.53. The second-order valence-corrected chi connectivity index (χ2v) is 32.4. The molecule has 0 saturated heterocycles. The van der Waals surface area contributed by atoms with Crippen LogP contribution in [0.1, 0.15) is 0 Å². The Labute approximate surface area is 208 Å². The van der Waals surface area contributed by atoms with Crippen LogP contribution in [0.15, 0.2) is 146 Å². The number of hydrogen-bond donors (Lipinski definition) is 0. The summed E-state index contributed by atoms with van der Waals surface area (Å²) in [6, 6.07) is 0. The Morgan fingerprint density at radius 2 is 0.364 bits per heavy atom. The van der Waals surface area contributed by atoms with E-state index in [1.807, 2.05) is 0 Å². The van der Waals surface area contributed by atoms with E-state index in [1.54, 1.807) is 0 Å². The van der Waals surface area contributed by atoms with Crippen molar-refractivity contribution in [2.45, 2.75) is 21.8 Å². The Balaban J connectivity index is 0.00000130. The van der Waals surface area contributed by atoms with Crippen molar-refractivity contribution in [2.75, 3.05) is 0 Å². The van der Waals surface area contributed by atoms with E-state index in [0.29, 0.717) is 21.8 Å². The van der Waals surface area contributed by atoms with Gasteiger partial charge in [0.05, 0.1) is 0 Å². The van der Waals surface area contributed by atoms with Gasteiger partial charge in [0.1, 0.15) is 0 Å². The van der Waals surface area contributed by atoms with Gasteiger partial charge in [0, 0.05) is 0 Å². The fourth-order valence-electron chi connectivity index (χ4n) is 9.26. The zero-order valence-electron chi connectivity index (χ0n) is 18.6. The summed E-state index contributed by atoms with van der Waals surface area (Å²) in [7, 11) is 0. The normalized spacial score (nSPS) is 25.8. The molecule has 0 aromatic carbocycles. The molecule has 0 aromatic heterocycles. The molecule has 0 fully saturated rings.